The molecule has 7 heteroatoms. The van der Waals surface area contributed by atoms with Crippen molar-refractivity contribution in [2.45, 2.75) is 32.9 Å². The number of rotatable bonds is 4. The van der Waals surface area contributed by atoms with Crippen molar-refractivity contribution in [3.63, 3.8) is 0 Å². The van der Waals surface area contributed by atoms with E-state index in [4.69, 9.17) is 0 Å². The molecule has 0 heterocycles. The van der Waals surface area contributed by atoms with Crippen molar-refractivity contribution in [3.8, 4) is 0 Å². The average molecular weight is 376 g/mol. The smallest absolute Gasteiger partial charge is 0.325 e. The summed E-state index contributed by atoms with van der Waals surface area (Å²) in [5.74, 6) is -1.04. The van der Waals surface area contributed by atoms with Gasteiger partial charge in [-0.1, -0.05) is 23.8 Å². The second kappa shape index (κ2) is 6.72. The van der Waals surface area contributed by atoms with Crippen molar-refractivity contribution in [1.29, 1.82) is 0 Å². The molecule has 0 atom stereocenters. The van der Waals surface area contributed by atoms with Crippen molar-refractivity contribution in [3.05, 3.63) is 59.2 Å². The van der Waals surface area contributed by atoms with E-state index < -0.39 is 29.0 Å². The number of carbonyl (C=O) groups is 2. The summed E-state index contributed by atoms with van der Waals surface area (Å²) in [6.07, 6.45) is -3.79. The summed E-state index contributed by atoms with van der Waals surface area (Å²) in [6, 6.07) is 9.90. The number of hydrogen-bond donors (Lipinski definition) is 2. The van der Waals surface area contributed by atoms with Gasteiger partial charge in [-0.3, -0.25) is 9.59 Å². The van der Waals surface area contributed by atoms with Crippen LogP contribution in [0.1, 0.15) is 29.5 Å². The molecule has 0 bridgehead atoms. The monoisotopic (exact) mass is 376 g/mol. The average Bonchev–Trinajstić information content (AvgIpc) is 3.39. The highest BCUT2D eigenvalue weighted by Gasteiger charge is 2.56. The zero-order valence-electron chi connectivity index (χ0n) is 14.9. The maximum Gasteiger partial charge on any atom is 0.416 e. The molecule has 4 nitrogen and oxygen atoms in total. The summed E-state index contributed by atoms with van der Waals surface area (Å²) in [5.41, 5.74) is 0.450. The molecule has 0 saturated heterocycles. The first-order valence-corrected chi connectivity index (χ1v) is 8.49. The Labute approximate surface area is 154 Å². The van der Waals surface area contributed by atoms with Crippen LogP contribution in [0.5, 0.6) is 0 Å². The van der Waals surface area contributed by atoms with Gasteiger partial charge >= 0.3 is 6.18 Å². The molecule has 1 saturated carbocycles. The first-order valence-electron chi connectivity index (χ1n) is 8.49. The second-order valence-electron chi connectivity index (χ2n) is 6.89. The molecular weight excluding hydrogens is 357 g/mol. The van der Waals surface area contributed by atoms with Gasteiger partial charge in [0.25, 0.3) is 0 Å². The number of halogens is 3. The van der Waals surface area contributed by atoms with E-state index in [9.17, 15) is 22.8 Å². The molecule has 142 valence electrons. The maximum absolute atomic E-state index is 12.8. The van der Waals surface area contributed by atoms with Crippen LogP contribution in [0.3, 0.4) is 0 Å². The fourth-order valence-electron chi connectivity index (χ4n) is 2.90. The van der Waals surface area contributed by atoms with Crippen LogP contribution in [0.4, 0.5) is 24.5 Å². The van der Waals surface area contributed by atoms with Crippen LogP contribution in [-0.2, 0) is 15.8 Å². The van der Waals surface area contributed by atoms with Gasteiger partial charge in [-0.05, 0) is 56.5 Å². The van der Waals surface area contributed by atoms with Gasteiger partial charge in [-0.2, -0.15) is 13.2 Å². The van der Waals surface area contributed by atoms with Gasteiger partial charge in [-0.25, -0.2) is 0 Å². The normalized spacial score (nSPS) is 15.1. The summed E-state index contributed by atoms with van der Waals surface area (Å²) in [6.45, 7) is 3.79. The van der Waals surface area contributed by atoms with E-state index in [1.807, 2.05) is 26.0 Å². The lowest BCUT2D eigenvalue weighted by Crippen LogP contribution is -2.35. The van der Waals surface area contributed by atoms with Crippen LogP contribution in [0.15, 0.2) is 42.5 Å². The number of anilines is 2. The van der Waals surface area contributed by atoms with Gasteiger partial charge < -0.3 is 10.6 Å². The van der Waals surface area contributed by atoms with Crippen LogP contribution in [0.25, 0.3) is 0 Å². The van der Waals surface area contributed by atoms with Gasteiger partial charge in [0.15, 0.2) is 0 Å². The van der Waals surface area contributed by atoms with Crippen LogP contribution in [0, 0.1) is 19.3 Å². The number of benzene rings is 2. The SMILES string of the molecule is Cc1ccc(NC(=O)C2(C(=O)Nc3cccc(C(F)(F)F)c3)CC2)c(C)c1. The van der Waals surface area contributed by atoms with Gasteiger partial charge in [0.1, 0.15) is 5.41 Å². The molecule has 2 amide bonds. The van der Waals surface area contributed by atoms with E-state index in [-0.39, 0.29) is 5.69 Å². The lowest BCUT2D eigenvalue weighted by Gasteiger charge is -2.17. The van der Waals surface area contributed by atoms with Gasteiger partial charge in [0, 0.05) is 11.4 Å². The van der Waals surface area contributed by atoms with E-state index >= 15 is 0 Å². The fourth-order valence-corrected chi connectivity index (χ4v) is 2.90. The zero-order chi connectivity index (χ0) is 19.8. The number of alkyl halides is 3. The Bertz CT molecular complexity index is 902. The Morgan fingerprint density at radius 1 is 0.963 bits per heavy atom. The molecular formula is C20H19F3N2O2. The molecule has 0 aliphatic heterocycles. The highest BCUT2D eigenvalue weighted by molar-refractivity contribution is 6.17. The van der Waals surface area contributed by atoms with Gasteiger partial charge in [0.05, 0.1) is 5.56 Å². The molecule has 1 fully saturated rings. The number of aryl methyl sites for hydroxylation is 2. The summed E-state index contributed by atoms with van der Waals surface area (Å²) >= 11 is 0. The van der Waals surface area contributed by atoms with Crippen molar-refractivity contribution >= 4 is 23.2 Å². The standard InChI is InChI=1S/C20H19F3N2O2/c1-12-6-7-16(13(2)10-12)25-18(27)19(8-9-19)17(26)24-15-5-3-4-14(11-15)20(21,22)23/h3-7,10-11H,8-9H2,1-2H3,(H,24,26)(H,25,27). The van der Waals surface area contributed by atoms with E-state index in [1.165, 1.54) is 12.1 Å². The predicted octanol–water partition coefficient (Wildman–Crippen LogP) is 4.68. The summed E-state index contributed by atoms with van der Waals surface area (Å²) in [4.78, 5) is 25.2. The number of amides is 2. The minimum atomic E-state index is -4.50. The van der Waals surface area contributed by atoms with E-state index in [0.29, 0.717) is 18.5 Å². The Morgan fingerprint density at radius 2 is 1.63 bits per heavy atom. The van der Waals surface area contributed by atoms with Crippen molar-refractivity contribution in [1.82, 2.24) is 0 Å². The van der Waals surface area contributed by atoms with Crippen LogP contribution in [-0.4, -0.2) is 11.8 Å². The summed E-state index contributed by atoms with van der Waals surface area (Å²) in [7, 11) is 0. The molecule has 2 aromatic rings. The topological polar surface area (TPSA) is 58.2 Å². The largest absolute Gasteiger partial charge is 0.416 e. The summed E-state index contributed by atoms with van der Waals surface area (Å²) < 4.78 is 38.4. The van der Waals surface area contributed by atoms with Gasteiger partial charge in [-0.15, -0.1) is 0 Å². The van der Waals surface area contributed by atoms with Gasteiger partial charge in [0.2, 0.25) is 11.8 Å². The van der Waals surface area contributed by atoms with E-state index in [0.717, 1.165) is 23.3 Å². The van der Waals surface area contributed by atoms with E-state index in [2.05, 4.69) is 10.6 Å². The lowest BCUT2D eigenvalue weighted by molar-refractivity contribution is -0.137. The highest BCUT2D eigenvalue weighted by Crippen LogP contribution is 2.47. The third kappa shape index (κ3) is 3.97. The van der Waals surface area contributed by atoms with Crippen molar-refractivity contribution in [2.24, 2.45) is 5.41 Å². The number of hydrogen-bond acceptors (Lipinski definition) is 2. The molecule has 1 aliphatic carbocycles. The van der Waals surface area contributed by atoms with E-state index in [1.54, 1.807) is 6.07 Å². The Kier molecular flexibility index (Phi) is 4.71. The summed E-state index contributed by atoms with van der Waals surface area (Å²) in [5, 5.41) is 5.21. The Hall–Kier alpha value is -2.83. The molecule has 2 N–H and O–H groups in total. The molecule has 0 radical (unpaired) electrons. The van der Waals surface area contributed by atoms with Crippen LogP contribution in [0.2, 0.25) is 0 Å². The molecule has 0 spiro atoms. The Morgan fingerprint density at radius 3 is 2.22 bits per heavy atom. The van der Waals surface area contributed by atoms with Crippen LogP contribution >= 0.6 is 0 Å². The number of carbonyl (C=O) groups excluding carboxylic acids is 2. The zero-order valence-corrected chi connectivity index (χ0v) is 14.9. The molecule has 27 heavy (non-hydrogen) atoms. The third-order valence-electron chi connectivity index (χ3n) is 4.70. The second-order valence-corrected chi connectivity index (χ2v) is 6.89. The quantitative estimate of drug-likeness (QED) is 0.762. The first-order chi connectivity index (χ1) is 12.6. The molecule has 3 rings (SSSR count). The molecule has 0 unspecified atom stereocenters. The minimum absolute atomic E-state index is 0.0143. The van der Waals surface area contributed by atoms with Crippen LogP contribution < -0.4 is 10.6 Å². The minimum Gasteiger partial charge on any atom is -0.325 e. The molecule has 1 aliphatic rings. The molecule has 0 aromatic heterocycles. The number of nitrogens with one attached hydrogen (secondary N) is 2. The fraction of sp³-hybridized carbons (Fsp3) is 0.300. The Balaban J connectivity index is 1.73. The predicted molar refractivity (Wildman–Crippen MR) is 96.3 cm³/mol. The lowest BCUT2D eigenvalue weighted by atomic mass is 10.0. The maximum atomic E-state index is 12.8. The first kappa shape index (κ1) is 18.9. The highest BCUT2D eigenvalue weighted by atomic mass is 19.4. The van der Waals surface area contributed by atoms with Crippen molar-refractivity contribution < 1.29 is 22.8 Å². The van der Waals surface area contributed by atoms with Crippen molar-refractivity contribution in [2.75, 3.05) is 10.6 Å². The molecule has 2 aromatic carbocycles. The third-order valence-corrected chi connectivity index (χ3v) is 4.70.